The number of hydrogen-bond donors (Lipinski definition) is 2. The molecule has 0 saturated carbocycles. The first-order chi connectivity index (χ1) is 16.4. The van der Waals surface area contributed by atoms with Crippen LogP contribution in [0.2, 0.25) is 0 Å². The van der Waals surface area contributed by atoms with E-state index in [0.29, 0.717) is 12.5 Å². The highest BCUT2D eigenvalue weighted by Gasteiger charge is 2.39. The molecule has 34 heavy (non-hydrogen) atoms. The molecule has 4 aliphatic rings. The maximum Gasteiger partial charge on any atom is 0.410 e. The van der Waals surface area contributed by atoms with Crippen molar-refractivity contribution in [3.63, 3.8) is 0 Å². The van der Waals surface area contributed by atoms with Crippen LogP contribution in [-0.4, -0.2) is 70.3 Å². The van der Waals surface area contributed by atoms with Crippen molar-refractivity contribution in [3.8, 4) is 0 Å². The number of aliphatic carboxylic acids is 2. The van der Waals surface area contributed by atoms with Crippen molar-refractivity contribution in [2.75, 3.05) is 26.2 Å². The lowest BCUT2D eigenvalue weighted by atomic mass is 9.86. The normalized spacial score (nSPS) is 24.9. The average molecular weight is 467 g/mol. The molecule has 8 nitrogen and oxygen atoms in total. The fraction of sp³-hybridized carbons (Fsp3) is 0.423. The number of amides is 1. The highest BCUT2D eigenvalue weighted by Crippen LogP contribution is 2.36. The van der Waals surface area contributed by atoms with Gasteiger partial charge in [0.25, 0.3) is 0 Å². The Balaban J connectivity index is 0.000000344. The molecule has 2 N–H and O–H groups in total. The molecule has 2 aromatic rings. The number of carboxylic acid groups (broad SMARTS) is 2. The zero-order valence-corrected chi connectivity index (χ0v) is 19.0. The Hall–Kier alpha value is -3.39. The van der Waals surface area contributed by atoms with Gasteiger partial charge in [-0.05, 0) is 55.0 Å². The van der Waals surface area contributed by atoms with Gasteiger partial charge < -0.3 is 14.9 Å². The first kappa shape index (κ1) is 23.8. The molecule has 1 amide bonds. The number of carboxylic acids is 2. The maximum absolute atomic E-state index is 13.2. The Labute approximate surface area is 198 Å². The van der Waals surface area contributed by atoms with Crippen LogP contribution < -0.4 is 0 Å². The van der Waals surface area contributed by atoms with E-state index in [1.807, 2.05) is 23.1 Å². The van der Waals surface area contributed by atoms with Gasteiger partial charge in [-0.15, -0.1) is 0 Å². The van der Waals surface area contributed by atoms with Crippen LogP contribution in [0.1, 0.15) is 42.0 Å². The Morgan fingerprint density at radius 3 is 2.12 bits per heavy atom. The van der Waals surface area contributed by atoms with E-state index in [9.17, 15) is 14.4 Å². The van der Waals surface area contributed by atoms with Gasteiger partial charge in [-0.3, -0.25) is 19.4 Å². The third-order valence-electron chi connectivity index (χ3n) is 6.78. The fourth-order valence-electron chi connectivity index (χ4n) is 5.13. The number of benzene rings is 2. The summed E-state index contributed by atoms with van der Waals surface area (Å²) >= 11 is 0. The van der Waals surface area contributed by atoms with E-state index in [-0.39, 0.29) is 18.2 Å². The molecule has 0 radical (unpaired) electrons. The van der Waals surface area contributed by atoms with Gasteiger partial charge in [0.15, 0.2) is 0 Å². The molecule has 3 saturated heterocycles. The zero-order valence-electron chi connectivity index (χ0n) is 19.0. The smallest absolute Gasteiger partial charge is 0.410 e. The first-order valence-corrected chi connectivity index (χ1v) is 11.7. The van der Waals surface area contributed by atoms with Gasteiger partial charge in [-0.25, -0.2) is 4.79 Å². The van der Waals surface area contributed by atoms with Gasteiger partial charge >= 0.3 is 18.0 Å². The summed E-state index contributed by atoms with van der Waals surface area (Å²) in [6.45, 7) is 3.91. The van der Waals surface area contributed by atoms with Gasteiger partial charge in [-0.2, -0.15) is 0 Å². The standard InChI is InChI=1S/C23H26N2O2.C3H4O4/c26-23(27-21-16-24-13-10-18(21)11-14-24)25-15-12-17-6-4-5-9-20(17)22(25)19-7-2-1-3-8-19;4-2(5)1-3(6)7/h1-9,18,21-22H,10-16H2;1H2,(H,4,5)(H,6,7)/t21-,22-;/m0./s1. The molecular weight excluding hydrogens is 436 g/mol. The van der Waals surface area contributed by atoms with E-state index in [2.05, 4.69) is 41.3 Å². The molecule has 6 rings (SSSR count). The fourth-order valence-corrected chi connectivity index (χ4v) is 5.13. The van der Waals surface area contributed by atoms with Crippen molar-refractivity contribution >= 4 is 18.0 Å². The van der Waals surface area contributed by atoms with Crippen molar-refractivity contribution in [3.05, 3.63) is 71.3 Å². The molecule has 0 aromatic heterocycles. The highest BCUT2D eigenvalue weighted by molar-refractivity contribution is 5.88. The minimum Gasteiger partial charge on any atom is -0.481 e. The molecule has 2 aromatic carbocycles. The van der Waals surface area contributed by atoms with E-state index >= 15 is 0 Å². The molecule has 2 bridgehead atoms. The monoisotopic (exact) mass is 466 g/mol. The molecular formula is C26H30N2O6. The van der Waals surface area contributed by atoms with Crippen LogP contribution in [0.3, 0.4) is 0 Å². The molecule has 0 spiro atoms. The van der Waals surface area contributed by atoms with Crippen LogP contribution in [0.15, 0.2) is 54.6 Å². The van der Waals surface area contributed by atoms with E-state index in [0.717, 1.165) is 44.5 Å². The van der Waals surface area contributed by atoms with Gasteiger partial charge in [-0.1, -0.05) is 54.6 Å². The predicted octanol–water partition coefficient (Wildman–Crippen LogP) is 3.41. The third kappa shape index (κ3) is 5.56. The lowest BCUT2D eigenvalue weighted by Crippen LogP contribution is -2.53. The average Bonchev–Trinajstić information content (AvgIpc) is 2.84. The SMILES string of the molecule is O=C(O)CC(=O)O.O=C(O[C@H]1CN2CCC1CC2)N1CCc2ccccc2[C@@H]1c1ccccc1. The Bertz CT molecular complexity index is 1010. The number of ether oxygens (including phenoxy) is 1. The minimum atomic E-state index is -1.31. The summed E-state index contributed by atoms with van der Waals surface area (Å²) < 4.78 is 6.08. The molecule has 4 heterocycles. The molecule has 0 aliphatic carbocycles. The van der Waals surface area contributed by atoms with Gasteiger partial charge in [0.05, 0.1) is 6.04 Å². The van der Waals surface area contributed by atoms with Gasteiger partial charge in [0.2, 0.25) is 0 Å². The summed E-state index contributed by atoms with van der Waals surface area (Å²) in [7, 11) is 0. The first-order valence-electron chi connectivity index (χ1n) is 11.7. The predicted molar refractivity (Wildman–Crippen MR) is 124 cm³/mol. The summed E-state index contributed by atoms with van der Waals surface area (Å²) in [6.07, 6.45) is 2.28. The second kappa shape index (κ2) is 10.7. The summed E-state index contributed by atoms with van der Waals surface area (Å²) in [5.41, 5.74) is 3.70. The number of piperidine rings is 3. The summed E-state index contributed by atoms with van der Waals surface area (Å²) in [6, 6.07) is 18.8. The molecule has 2 atom stereocenters. The van der Waals surface area contributed by atoms with Gasteiger partial charge in [0, 0.05) is 13.1 Å². The molecule has 4 aliphatic heterocycles. The van der Waals surface area contributed by atoms with E-state index < -0.39 is 18.4 Å². The minimum absolute atomic E-state index is 0.0496. The van der Waals surface area contributed by atoms with E-state index in [1.165, 1.54) is 11.1 Å². The highest BCUT2D eigenvalue weighted by atomic mass is 16.6. The molecule has 180 valence electrons. The lowest BCUT2D eigenvalue weighted by molar-refractivity contribution is -0.147. The summed E-state index contributed by atoms with van der Waals surface area (Å²) in [5.74, 6) is -2.09. The second-order valence-corrected chi connectivity index (χ2v) is 8.98. The number of rotatable bonds is 4. The van der Waals surface area contributed by atoms with Crippen molar-refractivity contribution in [1.29, 1.82) is 0 Å². The Kier molecular flexibility index (Phi) is 7.47. The Morgan fingerprint density at radius 1 is 0.882 bits per heavy atom. The second-order valence-electron chi connectivity index (χ2n) is 8.98. The van der Waals surface area contributed by atoms with Crippen LogP contribution in [-0.2, 0) is 20.7 Å². The number of carbonyl (C=O) groups is 3. The van der Waals surface area contributed by atoms with Crippen molar-refractivity contribution in [2.24, 2.45) is 5.92 Å². The zero-order chi connectivity index (χ0) is 24.1. The quantitative estimate of drug-likeness (QED) is 0.665. The number of nitrogens with zero attached hydrogens (tertiary/aromatic N) is 2. The van der Waals surface area contributed by atoms with Crippen molar-refractivity contribution in [2.45, 2.75) is 37.8 Å². The molecule has 3 fully saturated rings. The van der Waals surface area contributed by atoms with Crippen LogP contribution >= 0.6 is 0 Å². The molecule has 0 unspecified atom stereocenters. The van der Waals surface area contributed by atoms with Crippen LogP contribution in [0.5, 0.6) is 0 Å². The number of carbonyl (C=O) groups excluding carboxylic acids is 1. The maximum atomic E-state index is 13.2. The molecule has 8 heteroatoms. The van der Waals surface area contributed by atoms with Crippen LogP contribution in [0, 0.1) is 5.92 Å². The number of hydrogen-bond acceptors (Lipinski definition) is 5. The Morgan fingerprint density at radius 2 is 1.53 bits per heavy atom. The van der Waals surface area contributed by atoms with E-state index in [1.54, 1.807) is 0 Å². The van der Waals surface area contributed by atoms with Crippen molar-refractivity contribution in [1.82, 2.24) is 9.80 Å². The van der Waals surface area contributed by atoms with E-state index in [4.69, 9.17) is 14.9 Å². The number of fused-ring (bicyclic) bond motifs is 4. The largest absolute Gasteiger partial charge is 0.481 e. The van der Waals surface area contributed by atoms with Crippen LogP contribution in [0.4, 0.5) is 4.79 Å². The topological polar surface area (TPSA) is 107 Å². The summed E-state index contributed by atoms with van der Waals surface area (Å²) in [4.78, 5) is 36.4. The van der Waals surface area contributed by atoms with Gasteiger partial charge in [0.1, 0.15) is 12.5 Å². The van der Waals surface area contributed by atoms with Crippen LogP contribution in [0.25, 0.3) is 0 Å². The summed E-state index contributed by atoms with van der Waals surface area (Å²) in [5, 5.41) is 15.4. The lowest BCUT2D eigenvalue weighted by Gasteiger charge is -2.45. The third-order valence-corrected chi connectivity index (χ3v) is 6.78. The van der Waals surface area contributed by atoms with Crippen molar-refractivity contribution < 1.29 is 29.3 Å².